The van der Waals surface area contributed by atoms with E-state index < -0.39 is 0 Å². The number of aromatic nitrogens is 1. The number of carbonyl (C=O) groups excluding carboxylic acids is 1. The van der Waals surface area contributed by atoms with Gasteiger partial charge in [-0.05, 0) is 30.3 Å². The summed E-state index contributed by atoms with van der Waals surface area (Å²) in [5, 5.41) is 3.73. The van der Waals surface area contributed by atoms with Crippen LogP contribution in [0.2, 0.25) is 0 Å². The average molecular weight is 402 g/mol. The molecule has 5 nitrogen and oxygen atoms in total. The molecule has 1 amide bonds. The summed E-state index contributed by atoms with van der Waals surface area (Å²) in [6.07, 6.45) is 0. The number of thiophene rings is 1. The maximum absolute atomic E-state index is 14.3. The fourth-order valence-electron chi connectivity index (χ4n) is 2.87. The molecule has 0 unspecified atom stereocenters. The van der Waals surface area contributed by atoms with Crippen LogP contribution in [-0.2, 0) is 11.3 Å². The van der Waals surface area contributed by atoms with Crippen LogP contribution in [0.1, 0.15) is 15.2 Å². The Bertz CT molecular complexity index is 1150. The lowest BCUT2D eigenvalue weighted by Crippen LogP contribution is -2.12. The molecule has 4 rings (SSSR count). The van der Waals surface area contributed by atoms with E-state index in [0.717, 1.165) is 16.0 Å². The van der Waals surface area contributed by atoms with Crippen LogP contribution in [-0.4, -0.2) is 25.1 Å². The molecular formula is C19H15FN2O3S2. The number of methoxy groups -OCH3 is 2. The molecule has 0 aliphatic heterocycles. The Labute approximate surface area is 162 Å². The second kappa shape index (κ2) is 7.22. The second-order valence-electron chi connectivity index (χ2n) is 5.76. The van der Waals surface area contributed by atoms with Crippen LogP contribution >= 0.6 is 22.7 Å². The molecule has 1 N–H and O–H groups in total. The van der Waals surface area contributed by atoms with Crippen molar-refractivity contribution >= 4 is 54.0 Å². The third-order valence-corrected chi connectivity index (χ3v) is 6.20. The van der Waals surface area contributed by atoms with E-state index in [4.69, 9.17) is 9.47 Å². The number of nitrogens with zero attached hydrogens (tertiary/aromatic N) is 1. The summed E-state index contributed by atoms with van der Waals surface area (Å²) < 4.78 is 26.3. The Kier molecular flexibility index (Phi) is 4.77. The van der Waals surface area contributed by atoms with Crippen LogP contribution in [0, 0.1) is 5.82 Å². The molecule has 2 aromatic heterocycles. The van der Waals surface area contributed by atoms with Gasteiger partial charge in [-0.25, -0.2) is 9.37 Å². The van der Waals surface area contributed by atoms with Crippen molar-refractivity contribution in [3.8, 4) is 5.75 Å². The molecular weight excluding hydrogens is 387 g/mol. The fourth-order valence-corrected chi connectivity index (χ4v) is 4.88. The van der Waals surface area contributed by atoms with E-state index in [-0.39, 0.29) is 18.3 Å². The molecule has 0 saturated heterocycles. The van der Waals surface area contributed by atoms with Gasteiger partial charge < -0.3 is 9.47 Å². The van der Waals surface area contributed by atoms with E-state index in [9.17, 15) is 9.18 Å². The number of benzene rings is 2. The summed E-state index contributed by atoms with van der Waals surface area (Å²) in [6, 6.07) is 10.3. The van der Waals surface area contributed by atoms with Gasteiger partial charge in [0.25, 0.3) is 5.91 Å². The van der Waals surface area contributed by atoms with Crippen molar-refractivity contribution in [1.82, 2.24) is 4.98 Å². The Morgan fingerprint density at radius 2 is 2.04 bits per heavy atom. The minimum absolute atomic E-state index is 0.154. The van der Waals surface area contributed by atoms with Crippen LogP contribution in [0.25, 0.3) is 20.3 Å². The lowest BCUT2D eigenvalue weighted by atomic mass is 10.1. The minimum Gasteiger partial charge on any atom is -0.497 e. The first-order valence-electron chi connectivity index (χ1n) is 8.05. The van der Waals surface area contributed by atoms with Gasteiger partial charge in [-0.15, -0.1) is 11.3 Å². The number of halogens is 1. The number of thiazole rings is 1. The zero-order valence-electron chi connectivity index (χ0n) is 14.5. The van der Waals surface area contributed by atoms with E-state index in [2.05, 4.69) is 10.3 Å². The SMILES string of the molecule is COCc1c(C(=O)Nc2nc3ccc(OC)cc3s2)sc2cccc(F)c12. The summed E-state index contributed by atoms with van der Waals surface area (Å²) >= 11 is 2.60. The van der Waals surface area contributed by atoms with Crippen LogP contribution in [0.3, 0.4) is 0 Å². The Morgan fingerprint density at radius 3 is 2.81 bits per heavy atom. The van der Waals surface area contributed by atoms with Crippen molar-refractivity contribution in [3.63, 3.8) is 0 Å². The normalized spacial score (nSPS) is 11.2. The Hall–Kier alpha value is -2.55. The van der Waals surface area contributed by atoms with Gasteiger partial charge in [-0.3, -0.25) is 10.1 Å². The van der Waals surface area contributed by atoms with Crippen LogP contribution in [0.5, 0.6) is 5.75 Å². The highest BCUT2D eigenvalue weighted by atomic mass is 32.1. The maximum atomic E-state index is 14.3. The highest BCUT2D eigenvalue weighted by Gasteiger charge is 2.21. The molecule has 0 aliphatic carbocycles. The topological polar surface area (TPSA) is 60.5 Å². The zero-order chi connectivity index (χ0) is 19.0. The number of hydrogen-bond donors (Lipinski definition) is 1. The molecule has 2 heterocycles. The highest BCUT2D eigenvalue weighted by Crippen LogP contribution is 2.35. The van der Waals surface area contributed by atoms with Gasteiger partial charge in [0.05, 0.1) is 28.8 Å². The lowest BCUT2D eigenvalue weighted by molar-refractivity contribution is 0.102. The van der Waals surface area contributed by atoms with Crippen molar-refractivity contribution in [1.29, 1.82) is 0 Å². The predicted molar refractivity (Wildman–Crippen MR) is 107 cm³/mol. The first-order valence-corrected chi connectivity index (χ1v) is 9.68. The molecule has 0 radical (unpaired) electrons. The first-order chi connectivity index (χ1) is 13.1. The summed E-state index contributed by atoms with van der Waals surface area (Å²) in [4.78, 5) is 17.7. The van der Waals surface area contributed by atoms with Gasteiger partial charge in [-0.2, -0.15) is 0 Å². The van der Waals surface area contributed by atoms with E-state index in [1.165, 1.54) is 35.8 Å². The molecule has 2 aromatic carbocycles. The van der Waals surface area contributed by atoms with Crippen molar-refractivity contribution < 1.29 is 18.7 Å². The molecule has 138 valence electrons. The monoisotopic (exact) mass is 402 g/mol. The number of hydrogen-bond acceptors (Lipinski definition) is 6. The first kappa shape index (κ1) is 17.8. The summed E-state index contributed by atoms with van der Waals surface area (Å²) in [5.74, 6) is 0.0435. The third-order valence-electron chi connectivity index (χ3n) is 4.07. The number of nitrogens with one attached hydrogen (secondary N) is 1. The number of fused-ring (bicyclic) bond motifs is 2. The minimum atomic E-state index is -0.359. The van der Waals surface area contributed by atoms with Crippen molar-refractivity contribution in [3.05, 3.63) is 52.7 Å². The van der Waals surface area contributed by atoms with E-state index >= 15 is 0 Å². The second-order valence-corrected chi connectivity index (χ2v) is 7.85. The average Bonchev–Trinajstić information content (AvgIpc) is 3.23. The van der Waals surface area contributed by atoms with Crippen molar-refractivity contribution in [2.45, 2.75) is 6.61 Å². The number of carbonyl (C=O) groups is 1. The smallest absolute Gasteiger partial charge is 0.267 e. The van der Waals surface area contributed by atoms with Gasteiger partial charge in [0.2, 0.25) is 0 Å². The quantitative estimate of drug-likeness (QED) is 0.507. The maximum Gasteiger partial charge on any atom is 0.267 e. The molecule has 4 aromatic rings. The third kappa shape index (κ3) is 3.27. The van der Waals surface area contributed by atoms with Crippen LogP contribution < -0.4 is 10.1 Å². The molecule has 0 atom stereocenters. The molecule has 0 saturated carbocycles. The van der Waals surface area contributed by atoms with E-state index in [1.807, 2.05) is 18.2 Å². The molecule has 0 fully saturated rings. The van der Waals surface area contributed by atoms with Gasteiger partial charge in [-0.1, -0.05) is 17.4 Å². The summed E-state index contributed by atoms with van der Waals surface area (Å²) in [5.41, 5.74) is 1.33. The predicted octanol–water partition coefficient (Wildman–Crippen LogP) is 5.06. The Balaban J connectivity index is 1.70. The van der Waals surface area contributed by atoms with Crippen LogP contribution in [0.4, 0.5) is 9.52 Å². The van der Waals surface area contributed by atoms with Crippen LogP contribution in [0.15, 0.2) is 36.4 Å². The number of rotatable bonds is 5. The van der Waals surface area contributed by atoms with Crippen molar-refractivity contribution in [2.75, 3.05) is 19.5 Å². The molecule has 0 spiro atoms. The number of anilines is 1. The molecule has 0 bridgehead atoms. The van der Waals surface area contributed by atoms with E-state index in [0.29, 0.717) is 25.7 Å². The number of amides is 1. The summed E-state index contributed by atoms with van der Waals surface area (Å²) in [7, 11) is 3.12. The van der Waals surface area contributed by atoms with Gasteiger partial charge in [0.15, 0.2) is 5.13 Å². The largest absolute Gasteiger partial charge is 0.497 e. The lowest BCUT2D eigenvalue weighted by Gasteiger charge is -2.04. The summed E-state index contributed by atoms with van der Waals surface area (Å²) in [6.45, 7) is 0.154. The zero-order valence-corrected chi connectivity index (χ0v) is 16.2. The van der Waals surface area contributed by atoms with Gasteiger partial charge >= 0.3 is 0 Å². The standard InChI is InChI=1S/C19H15FN2O3S2/c1-24-9-11-16-12(20)4-3-5-14(16)26-17(11)18(23)22-19-21-13-7-6-10(25-2)8-15(13)27-19/h3-8H,9H2,1-2H3,(H,21,22,23). The van der Waals surface area contributed by atoms with Gasteiger partial charge in [0.1, 0.15) is 11.6 Å². The highest BCUT2D eigenvalue weighted by molar-refractivity contribution is 7.23. The van der Waals surface area contributed by atoms with Crippen molar-refractivity contribution in [2.24, 2.45) is 0 Å². The molecule has 27 heavy (non-hydrogen) atoms. The Morgan fingerprint density at radius 1 is 1.19 bits per heavy atom. The molecule has 0 aliphatic rings. The fraction of sp³-hybridized carbons (Fsp3) is 0.158. The molecule has 8 heteroatoms. The van der Waals surface area contributed by atoms with E-state index in [1.54, 1.807) is 19.2 Å². The number of ether oxygens (including phenoxy) is 2. The van der Waals surface area contributed by atoms with Gasteiger partial charge in [0, 0.05) is 22.8 Å².